The molecule has 1 saturated heterocycles. The van der Waals surface area contributed by atoms with Gasteiger partial charge in [0.05, 0.1) is 0 Å². The Kier molecular flexibility index (Phi) is 2.53. The van der Waals surface area contributed by atoms with Crippen LogP contribution >= 0.6 is 0 Å². The van der Waals surface area contributed by atoms with Crippen molar-refractivity contribution in [2.75, 3.05) is 6.54 Å². The number of likely N-dealkylation sites (tertiary alicyclic amines) is 1. The van der Waals surface area contributed by atoms with E-state index in [0.29, 0.717) is 12.0 Å². The van der Waals surface area contributed by atoms with Gasteiger partial charge in [-0.3, -0.25) is 9.69 Å². The molecule has 0 aromatic carbocycles. The number of hydrogen-bond acceptors (Lipinski definition) is 2. The van der Waals surface area contributed by atoms with Crippen molar-refractivity contribution in [3.8, 4) is 0 Å². The van der Waals surface area contributed by atoms with Gasteiger partial charge in [-0.1, -0.05) is 20.8 Å². The second-order valence-electron chi connectivity index (χ2n) is 6.24. The van der Waals surface area contributed by atoms with Crippen LogP contribution in [0.3, 0.4) is 0 Å². The molecule has 1 N–H and O–H groups in total. The van der Waals surface area contributed by atoms with E-state index in [9.17, 15) is 9.90 Å². The van der Waals surface area contributed by atoms with Gasteiger partial charge in [-0.05, 0) is 30.6 Å². The minimum atomic E-state index is -0.619. The molecule has 1 heterocycles. The number of piperidine rings is 1. The second-order valence-corrected chi connectivity index (χ2v) is 6.24. The molecule has 0 amide bonds. The predicted molar refractivity (Wildman–Crippen MR) is 58.7 cm³/mol. The average molecular weight is 211 g/mol. The number of hydrogen-bond donors (Lipinski definition) is 1. The summed E-state index contributed by atoms with van der Waals surface area (Å²) in [5.74, 6) is -0.207. The fourth-order valence-electron chi connectivity index (χ4n) is 3.20. The van der Waals surface area contributed by atoms with Gasteiger partial charge in [0.2, 0.25) is 0 Å². The van der Waals surface area contributed by atoms with Gasteiger partial charge in [0.15, 0.2) is 0 Å². The summed E-state index contributed by atoms with van der Waals surface area (Å²) in [7, 11) is 0. The first-order valence-electron chi connectivity index (χ1n) is 5.87. The van der Waals surface area contributed by atoms with E-state index in [-0.39, 0.29) is 11.5 Å². The first-order valence-corrected chi connectivity index (χ1v) is 5.87. The van der Waals surface area contributed by atoms with Crippen LogP contribution in [0.1, 0.15) is 40.0 Å². The van der Waals surface area contributed by atoms with Crippen LogP contribution in [0, 0.1) is 11.3 Å². The Bertz CT molecular complexity index is 269. The molecule has 2 rings (SSSR count). The van der Waals surface area contributed by atoms with Gasteiger partial charge < -0.3 is 5.11 Å². The van der Waals surface area contributed by atoms with E-state index in [1.165, 1.54) is 6.42 Å². The molecule has 3 unspecified atom stereocenters. The van der Waals surface area contributed by atoms with Crippen LogP contribution in [0.25, 0.3) is 0 Å². The minimum absolute atomic E-state index is 0.193. The van der Waals surface area contributed by atoms with Crippen LogP contribution in [-0.2, 0) is 4.79 Å². The summed E-state index contributed by atoms with van der Waals surface area (Å²) in [6.45, 7) is 7.44. The molecule has 86 valence electrons. The van der Waals surface area contributed by atoms with Crippen LogP contribution < -0.4 is 0 Å². The third-order valence-corrected chi connectivity index (χ3v) is 3.63. The zero-order valence-corrected chi connectivity index (χ0v) is 9.86. The lowest BCUT2D eigenvalue weighted by atomic mass is 9.92. The SMILES string of the molecule is CC(C)(C)CN1C2CCC(C2)C1C(=O)O. The van der Waals surface area contributed by atoms with Gasteiger partial charge in [0.1, 0.15) is 6.04 Å². The van der Waals surface area contributed by atoms with Gasteiger partial charge in [-0.15, -0.1) is 0 Å². The smallest absolute Gasteiger partial charge is 0.321 e. The van der Waals surface area contributed by atoms with Crippen molar-refractivity contribution in [1.29, 1.82) is 0 Å². The molecular weight excluding hydrogens is 190 g/mol. The summed E-state index contributed by atoms with van der Waals surface area (Å²) >= 11 is 0. The van der Waals surface area contributed by atoms with Crippen molar-refractivity contribution in [1.82, 2.24) is 4.90 Å². The Labute approximate surface area is 91.5 Å². The lowest BCUT2D eigenvalue weighted by molar-refractivity contribution is -0.145. The van der Waals surface area contributed by atoms with Crippen LogP contribution in [0.5, 0.6) is 0 Å². The van der Waals surface area contributed by atoms with Gasteiger partial charge in [-0.2, -0.15) is 0 Å². The third kappa shape index (κ3) is 2.03. The maximum absolute atomic E-state index is 11.2. The molecule has 3 nitrogen and oxygen atoms in total. The molecule has 0 radical (unpaired) electrons. The Morgan fingerprint density at radius 1 is 1.40 bits per heavy atom. The van der Waals surface area contributed by atoms with Gasteiger partial charge in [0, 0.05) is 12.6 Å². The summed E-state index contributed by atoms with van der Waals surface area (Å²) in [5, 5.41) is 9.26. The Morgan fingerprint density at radius 2 is 2.07 bits per heavy atom. The predicted octanol–water partition coefficient (Wildman–Crippen LogP) is 1.97. The largest absolute Gasteiger partial charge is 0.480 e. The fourth-order valence-corrected chi connectivity index (χ4v) is 3.20. The molecule has 0 aromatic rings. The normalized spacial score (nSPS) is 36.1. The lowest BCUT2D eigenvalue weighted by Gasteiger charge is -2.37. The highest BCUT2D eigenvalue weighted by Crippen LogP contribution is 2.43. The van der Waals surface area contributed by atoms with Crippen molar-refractivity contribution in [3.05, 3.63) is 0 Å². The highest BCUT2D eigenvalue weighted by Gasteiger charge is 2.49. The first-order chi connectivity index (χ1) is 6.88. The molecule has 0 spiro atoms. The van der Waals surface area contributed by atoms with Crippen LogP contribution in [0.15, 0.2) is 0 Å². The molecular formula is C12H21NO2. The summed E-state index contributed by atoms with van der Waals surface area (Å²) in [6.07, 6.45) is 3.42. The van der Waals surface area contributed by atoms with E-state index in [1.807, 2.05) is 0 Å². The third-order valence-electron chi connectivity index (χ3n) is 3.63. The maximum Gasteiger partial charge on any atom is 0.321 e. The maximum atomic E-state index is 11.2. The Balaban J connectivity index is 2.12. The van der Waals surface area contributed by atoms with Crippen molar-refractivity contribution < 1.29 is 9.90 Å². The molecule has 15 heavy (non-hydrogen) atoms. The van der Waals surface area contributed by atoms with Gasteiger partial charge in [0.25, 0.3) is 0 Å². The van der Waals surface area contributed by atoms with E-state index in [1.54, 1.807) is 0 Å². The van der Waals surface area contributed by atoms with Crippen molar-refractivity contribution >= 4 is 5.97 Å². The zero-order valence-electron chi connectivity index (χ0n) is 9.86. The zero-order chi connectivity index (χ0) is 11.2. The van der Waals surface area contributed by atoms with E-state index in [2.05, 4.69) is 25.7 Å². The molecule has 3 atom stereocenters. The highest BCUT2D eigenvalue weighted by atomic mass is 16.4. The van der Waals surface area contributed by atoms with E-state index < -0.39 is 5.97 Å². The van der Waals surface area contributed by atoms with Crippen LogP contribution in [0.4, 0.5) is 0 Å². The number of nitrogens with zero attached hydrogens (tertiary/aromatic N) is 1. The topological polar surface area (TPSA) is 40.5 Å². The molecule has 2 bridgehead atoms. The number of aliphatic carboxylic acids is 1. The van der Waals surface area contributed by atoms with Crippen LogP contribution in [0.2, 0.25) is 0 Å². The summed E-state index contributed by atoms with van der Waals surface area (Å²) in [6, 6.07) is 0.332. The Morgan fingerprint density at radius 3 is 2.60 bits per heavy atom. The Hall–Kier alpha value is -0.570. The lowest BCUT2D eigenvalue weighted by Crippen LogP contribution is -2.48. The molecule has 3 heteroatoms. The second kappa shape index (κ2) is 3.48. The van der Waals surface area contributed by atoms with E-state index in [0.717, 1.165) is 19.4 Å². The molecule has 0 aromatic heterocycles. The van der Waals surface area contributed by atoms with E-state index >= 15 is 0 Å². The summed E-state index contributed by atoms with van der Waals surface area (Å²) in [4.78, 5) is 13.5. The average Bonchev–Trinajstić information content (AvgIpc) is 2.59. The van der Waals surface area contributed by atoms with E-state index in [4.69, 9.17) is 0 Å². The highest BCUT2D eigenvalue weighted by molar-refractivity contribution is 5.74. The first kappa shape index (κ1) is 10.9. The molecule has 1 saturated carbocycles. The number of carboxylic acid groups (broad SMARTS) is 1. The monoisotopic (exact) mass is 211 g/mol. The van der Waals surface area contributed by atoms with Gasteiger partial charge in [-0.25, -0.2) is 0 Å². The number of fused-ring (bicyclic) bond motifs is 2. The fraction of sp³-hybridized carbons (Fsp3) is 0.917. The minimum Gasteiger partial charge on any atom is -0.480 e. The summed E-state index contributed by atoms with van der Waals surface area (Å²) < 4.78 is 0. The number of carbonyl (C=O) groups is 1. The molecule has 1 aliphatic heterocycles. The van der Waals surface area contributed by atoms with Crippen LogP contribution in [-0.4, -0.2) is 34.6 Å². The number of rotatable bonds is 2. The quantitative estimate of drug-likeness (QED) is 0.759. The standard InChI is InChI=1S/C12H21NO2/c1-12(2,3)7-13-9-5-4-8(6-9)10(13)11(14)15/h8-10H,4-7H2,1-3H3,(H,14,15). The van der Waals surface area contributed by atoms with Crippen molar-refractivity contribution in [3.63, 3.8) is 0 Å². The molecule has 1 aliphatic carbocycles. The van der Waals surface area contributed by atoms with Crippen molar-refractivity contribution in [2.24, 2.45) is 11.3 Å². The number of carboxylic acids is 1. The molecule has 2 aliphatic rings. The van der Waals surface area contributed by atoms with Crippen molar-refractivity contribution in [2.45, 2.75) is 52.1 Å². The summed E-state index contributed by atoms with van der Waals surface area (Å²) in [5.41, 5.74) is 0.193. The van der Waals surface area contributed by atoms with Gasteiger partial charge >= 0.3 is 5.97 Å². The molecule has 2 fully saturated rings.